The number of halogens is 1. The number of hydrogen-bond donors (Lipinski definition) is 2. The Morgan fingerprint density at radius 3 is 2.56 bits per heavy atom. The van der Waals surface area contributed by atoms with E-state index in [9.17, 15) is 0 Å². The summed E-state index contributed by atoms with van der Waals surface area (Å²) in [5.41, 5.74) is 11.7. The lowest BCUT2D eigenvalue weighted by Gasteiger charge is -2.07. The quantitative estimate of drug-likeness (QED) is 0.616. The third-order valence-corrected chi connectivity index (χ3v) is 2.02. The summed E-state index contributed by atoms with van der Waals surface area (Å²) in [4.78, 5) is 7.59. The molecule has 5 nitrogen and oxygen atoms in total. The van der Waals surface area contributed by atoms with E-state index in [4.69, 9.17) is 27.8 Å². The van der Waals surface area contributed by atoms with Gasteiger partial charge in [-0.2, -0.15) is 4.98 Å². The van der Waals surface area contributed by atoms with Crippen LogP contribution in [0.1, 0.15) is 0 Å². The number of hydrogen-bond acceptors (Lipinski definition) is 5. The predicted molar refractivity (Wildman–Crippen MR) is 62.4 cm³/mol. The second-order valence-corrected chi connectivity index (χ2v) is 3.41. The summed E-state index contributed by atoms with van der Waals surface area (Å²) in [6.45, 7) is 0. The van der Waals surface area contributed by atoms with Gasteiger partial charge in [0.25, 0.3) is 0 Å². The summed E-state index contributed by atoms with van der Waals surface area (Å²) in [6.07, 6.45) is 0. The Bertz CT molecular complexity index is 498. The second-order valence-electron chi connectivity index (χ2n) is 3.03. The van der Waals surface area contributed by atoms with Gasteiger partial charge in [-0.3, -0.25) is 0 Å². The first-order valence-corrected chi connectivity index (χ1v) is 4.85. The van der Waals surface area contributed by atoms with Gasteiger partial charge in [0.05, 0.1) is 5.69 Å². The van der Waals surface area contributed by atoms with Crippen molar-refractivity contribution in [2.24, 2.45) is 0 Å². The molecule has 1 aromatic heterocycles. The van der Waals surface area contributed by atoms with Crippen LogP contribution >= 0.6 is 11.6 Å². The molecular formula is C10H9ClN4O. The fraction of sp³-hybridized carbons (Fsp3) is 0. The summed E-state index contributed by atoms with van der Waals surface area (Å²) >= 11 is 5.71. The fourth-order valence-electron chi connectivity index (χ4n) is 1.15. The van der Waals surface area contributed by atoms with Crippen molar-refractivity contribution in [3.05, 3.63) is 35.5 Å². The van der Waals surface area contributed by atoms with Crippen molar-refractivity contribution in [2.45, 2.75) is 0 Å². The third-order valence-electron chi connectivity index (χ3n) is 1.82. The molecular weight excluding hydrogens is 228 g/mol. The fourth-order valence-corrected chi connectivity index (χ4v) is 1.33. The van der Waals surface area contributed by atoms with Gasteiger partial charge < -0.3 is 16.2 Å². The van der Waals surface area contributed by atoms with Gasteiger partial charge >= 0.3 is 0 Å². The summed E-state index contributed by atoms with van der Waals surface area (Å²) in [5, 5.41) is 0.219. The topological polar surface area (TPSA) is 87.0 Å². The van der Waals surface area contributed by atoms with Crippen molar-refractivity contribution < 1.29 is 4.74 Å². The highest BCUT2D eigenvalue weighted by molar-refractivity contribution is 6.29. The van der Waals surface area contributed by atoms with Crippen LogP contribution in [-0.4, -0.2) is 9.97 Å². The second kappa shape index (κ2) is 4.24. The maximum absolute atomic E-state index is 5.71. The van der Waals surface area contributed by atoms with Crippen LogP contribution in [0, 0.1) is 0 Å². The first-order chi connectivity index (χ1) is 7.65. The number of nitrogen functional groups attached to an aromatic ring is 2. The lowest BCUT2D eigenvalue weighted by molar-refractivity contribution is 0.465. The first kappa shape index (κ1) is 10.5. The highest BCUT2D eigenvalue weighted by Crippen LogP contribution is 2.26. The van der Waals surface area contributed by atoms with E-state index in [0.717, 1.165) is 0 Å². The zero-order chi connectivity index (χ0) is 11.5. The first-order valence-electron chi connectivity index (χ1n) is 4.47. The largest absolute Gasteiger partial charge is 0.437 e. The van der Waals surface area contributed by atoms with E-state index in [-0.39, 0.29) is 17.0 Å². The molecule has 0 spiro atoms. The highest BCUT2D eigenvalue weighted by Gasteiger charge is 2.05. The van der Waals surface area contributed by atoms with Gasteiger partial charge in [-0.15, -0.1) is 0 Å². The van der Waals surface area contributed by atoms with Gasteiger partial charge in [0.2, 0.25) is 11.8 Å². The van der Waals surface area contributed by atoms with Crippen LogP contribution in [0.5, 0.6) is 11.6 Å². The Morgan fingerprint density at radius 1 is 1.12 bits per heavy atom. The van der Waals surface area contributed by atoms with Crippen molar-refractivity contribution in [1.29, 1.82) is 0 Å². The molecule has 0 atom stereocenters. The van der Waals surface area contributed by atoms with Crippen molar-refractivity contribution in [3.8, 4) is 11.6 Å². The smallest absolute Gasteiger partial charge is 0.225 e. The number of ether oxygens (including phenoxy) is 1. The maximum atomic E-state index is 5.71. The molecule has 0 aliphatic rings. The van der Waals surface area contributed by atoms with Crippen LogP contribution in [0.15, 0.2) is 30.3 Å². The summed E-state index contributed by atoms with van der Waals surface area (Å²) < 4.78 is 5.43. The molecule has 0 unspecified atom stereocenters. The van der Waals surface area contributed by atoms with Crippen LogP contribution in [-0.2, 0) is 0 Å². The predicted octanol–water partition coefficient (Wildman–Crippen LogP) is 2.09. The normalized spacial score (nSPS) is 10.1. The number of benzene rings is 1. The molecule has 0 saturated heterocycles. The maximum Gasteiger partial charge on any atom is 0.225 e. The molecule has 0 saturated carbocycles. The molecule has 0 aliphatic carbocycles. The Labute approximate surface area is 97.0 Å². The highest BCUT2D eigenvalue weighted by atomic mass is 35.5. The molecule has 0 aliphatic heterocycles. The average molecular weight is 237 g/mol. The van der Waals surface area contributed by atoms with Crippen molar-refractivity contribution in [2.75, 3.05) is 11.5 Å². The third kappa shape index (κ3) is 2.32. The van der Waals surface area contributed by atoms with E-state index in [0.29, 0.717) is 11.4 Å². The minimum atomic E-state index is 0.0528. The van der Waals surface area contributed by atoms with E-state index in [2.05, 4.69) is 9.97 Å². The molecule has 82 valence electrons. The summed E-state index contributed by atoms with van der Waals surface area (Å²) in [7, 11) is 0. The van der Waals surface area contributed by atoms with Gasteiger partial charge in [0, 0.05) is 6.07 Å². The van der Waals surface area contributed by atoms with Gasteiger partial charge in [0.15, 0.2) is 5.75 Å². The molecule has 2 aromatic rings. The number of nitrogens with zero attached hydrogens (tertiary/aromatic N) is 2. The Morgan fingerprint density at radius 2 is 1.88 bits per heavy atom. The molecule has 2 rings (SSSR count). The van der Waals surface area contributed by atoms with Crippen LogP contribution in [0.2, 0.25) is 5.15 Å². The zero-order valence-electron chi connectivity index (χ0n) is 8.22. The standard InChI is InChI=1S/C10H9ClN4O/c11-8-5-9(15-10(13)14-8)16-7-4-2-1-3-6(7)12/h1-5H,12H2,(H2,13,14,15). The Hall–Kier alpha value is -2.01. The van der Waals surface area contributed by atoms with E-state index >= 15 is 0 Å². The lowest BCUT2D eigenvalue weighted by Crippen LogP contribution is -1.98. The van der Waals surface area contributed by atoms with E-state index in [1.165, 1.54) is 6.07 Å². The van der Waals surface area contributed by atoms with E-state index < -0.39 is 0 Å². The molecule has 1 aromatic carbocycles. The van der Waals surface area contributed by atoms with Crippen LogP contribution in [0.25, 0.3) is 0 Å². The van der Waals surface area contributed by atoms with Crippen molar-refractivity contribution in [1.82, 2.24) is 9.97 Å². The Kier molecular flexibility index (Phi) is 2.78. The molecule has 16 heavy (non-hydrogen) atoms. The zero-order valence-corrected chi connectivity index (χ0v) is 8.98. The number of anilines is 2. The van der Waals surface area contributed by atoms with Gasteiger partial charge in [-0.05, 0) is 12.1 Å². The monoisotopic (exact) mass is 236 g/mol. The van der Waals surface area contributed by atoms with Gasteiger partial charge in [-0.1, -0.05) is 23.7 Å². The number of aromatic nitrogens is 2. The molecule has 6 heteroatoms. The summed E-state index contributed by atoms with van der Waals surface area (Å²) in [5.74, 6) is 0.809. The molecule has 1 heterocycles. The van der Waals surface area contributed by atoms with E-state index in [1.54, 1.807) is 18.2 Å². The van der Waals surface area contributed by atoms with Gasteiger partial charge in [0.1, 0.15) is 5.15 Å². The average Bonchev–Trinajstić information content (AvgIpc) is 2.20. The van der Waals surface area contributed by atoms with Crippen LogP contribution in [0.4, 0.5) is 11.6 Å². The number of para-hydroxylation sites is 2. The number of rotatable bonds is 2. The minimum Gasteiger partial charge on any atom is -0.437 e. The minimum absolute atomic E-state index is 0.0528. The Balaban J connectivity index is 2.30. The van der Waals surface area contributed by atoms with E-state index in [1.807, 2.05) is 6.07 Å². The van der Waals surface area contributed by atoms with Crippen molar-refractivity contribution in [3.63, 3.8) is 0 Å². The lowest BCUT2D eigenvalue weighted by atomic mass is 10.3. The van der Waals surface area contributed by atoms with Crippen LogP contribution in [0.3, 0.4) is 0 Å². The number of nitrogens with two attached hydrogens (primary N) is 2. The molecule has 4 N–H and O–H groups in total. The molecule has 0 fully saturated rings. The van der Waals surface area contributed by atoms with Gasteiger partial charge in [-0.25, -0.2) is 4.98 Å². The summed E-state index contributed by atoms with van der Waals surface area (Å²) in [6, 6.07) is 8.52. The molecule has 0 amide bonds. The van der Waals surface area contributed by atoms with Crippen molar-refractivity contribution >= 4 is 23.2 Å². The van der Waals surface area contributed by atoms with Crippen LogP contribution < -0.4 is 16.2 Å². The SMILES string of the molecule is Nc1nc(Cl)cc(Oc2ccccc2N)n1. The molecule has 0 bridgehead atoms. The molecule has 0 radical (unpaired) electrons.